The van der Waals surface area contributed by atoms with Gasteiger partial charge in [0.1, 0.15) is 5.75 Å². The van der Waals surface area contributed by atoms with E-state index in [2.05, 4.69) is 15.8 Å². The molecule has 0 saturated carbocycles. The molecule has 0 bridgehead atoms. The van der Waals surface area contributed by atoms with Gasteiger partial charge in [0.25, 0.3) is 0 Å². The van der Waals surface area contributed by atoms with Gasteiger partial charge >= 0.3 is 0 Å². The molecule has 0 heterocycles. The molecule has 0 saturated heterocycles. The van der Waals surface area contributed by atoms with Gasteiger partial charge in [0.15, 0.2) is 0 Å². The normalized spacial score (nSPS) is 10.9. The van der Waals surface area contributed by atoms with Crippen molar-refractivity contribution in [2.24, 2.45) is 5.10 Å². The SMILES string of the molecule is COc1ccc2ccccc2c1/C=N\NC(=O)CCC(=O)Nc1ccc(C)cc1C. The number of hydrogen-bond acceptors (Lipinski definition) is 4. The molecule has 0 fully saturated rings. The monoisotopic (exact) mass is 403 g/mol. The fourth-order valence-electron chi connectivity index (χ4n) is 3.21. The van der Waals surface area contributed by atoms with Crippen LogP contribution in [0.25, 0.3) is 10.8 Å². The average Bonchev–Trinajstić information content (AvgIpc) is 2.74. The minimum atomic E-state index is -0.332. The molecule has 0 atom stereocenters. The number of methoxy groups -OCH3 is 1. The molecule has 3 aromatic carbocycles. The highest BCUT2D eigenvalue weighted by Crippen LogP contribution is 2.26. The largest absolute Gasteiger partial charge is 0.496 e. The summed E-state index contributed by atoms with van der Waals surface area (Å²) in [6.45, 7) is 3.93. The van der Waals surface area contributed by atoms with Crippen molar-refractivity contribution in [2.75, 3.05) is 12.4 Å². The van der Waals surface area contributed by atoms with Crippen LogP contribution in [0.2, 0.25) is 0 Å². The highest BCUT2D eigenvalue weighted by atomic mass is 16.5. The molecule has 3 aromatic rings. The molecule has 0 aliphatic rings. The molecular formula is C24H25N3O3. The molecule has 0 aliphatic heterocycles. The Labute approximate surface area is 175 Å². The van der Waals surface area contributed by atoms with Gasteiger partial charge in [-0.1, -0.05) is 48.0 Å². The number of carbonyl (C=O) groups excluding carboxylic acids is 2. The van der Waals surface area contributed by atoms with E-state index < -0.39 is 0 Å². The first-order chi connectivity index (χ1) is 14.5. The molecular weight excluding hydrogens is 378 g/mol. The van der Waals surface area contributed by atoms with E-state index in [-0.39, 0.29) is 24.7 Å². The number of anilines is 1. The quantitative estimate of drug-likeness (QED) is 0.455. The Morgan fingerprint density at radius 2 is 1.77 bits per heavy atom. The third-order valence-corrected chi connectivity index (χ3v) is 4.77. The maximum absolute atomic E-state index is 12.1. The molecule has 0 aromatic heterocycles. The molecule has 3 rings (SSSR count). The summed E-state index contributed by atoms with van der Waals surface area (Å²) in [7, 11) is 1.59. The predicted molar refractivity (Wildman–Crippen MR) is 120 cm³/mol. The number of nitrogens with one attached hydrogen (secondary N) is 2. The number of amides is 2. The van der Waals surface area contributed by atoms with Crippen LogP contribution in [-0.2, 0) is 9.59 Å². The zero-order valence-electron chi connectivity index (χ0n) is 17.4. The second-order valence-electron chi connectivity index (χ2n) is 7.06. The Bertz CT molecular complexity index is 1110. The summed E-state index contributed by atoms with van der Waals surface area (Å²) in [6.07, 6.45) is 1.68. The van der Waals surface area contributed by atoms with Crippen molar-refractivity contribution in [1.29, 1.82) is 0 Å². The fraction of sp³-hybridized carbons (Fsp3) is 0.208. The van der Waals surface area contributed by atoms with E-state index in [0.29, 0.717) is 5.75 Å². The van der Waals surface area contributed by atoms with Gasteiger partial charge in [0.2, 0.25) is 11.8 Å². The van der Waals surface area contributed by atoms with Gasteiger partial charge in [-0.25, -0.2) is 5.43 Å². The predicted octanol–water partition coefficient (Wildman–Crippen LogP) is 4.33. The minimum absolute atomic E-state index is 0.0424. The van der Waals surface area contributed by atoms with Crippen molar-refractivity contribution >= 4 is 34.5 Å². The van der Waals surface area contributed by atoms with E-state index in [1.807, 2.05) is 68.4 Å². The van der Waals surface area contributed by atoms with Crippen LogP contribution in [-0.4, -0.2) is 25.1 Å². The Hall–Kier alpha value is -3.67. The fourth-order valence-corrected chi connectivity index (χ4v) is 3.21. The summed E-state index contributed by atoms with van der Waals surface area (Å²) in [5.41, 5.74) is 6.14. The zero-order chi connectivity index (χ0) is 21.5. The van der Waals surface area contributed by atoms with Gasteiger partial charge in [-0.05, 0) is 42.3 Å². The number of benzene rings is 3. The zero-order valence-corrected chi connectivity index (χ0v) is 17.4. The molecule has 0 aliphatic carbocycles. The number of carbonyl (C=O) groups is 2. The van der Waals surface area contributed by atoms with Crippen molar-refractivity contribution < 1.29 is 14.3 Å². The van der Waals surface area contributed by atoms with Crippen LogP contribution in [0.15, 0.2) is 59.7 Å². The number of aryl methyl sites for hydroxylation is 2. The first-order valence-corrected chi connectivity index (χ1v) is 9.72. The topological polar surface area (TPSA) is 79.8 Å². The highest BCUT2D eigenvalue weighted by molar-refractivity contribution is 6.02. The van der Waals surface area contributed by atoms with Gasteiger partial charge in [-0.2, -0.15) is 5.10 Å². The number of hydrazone groups is 1. The van der Waals surface area contributed by atoms with Crippen molar-refractivity contribution in [3.8, 4) is 5.75 Å². The summed E-state index contributed by atoms with van der Waals surface area (Å²) >= 11 is 0. The van der Waals surface area contributed by atoms with E-state index in [4.69, 9.17) is 4.74 Å². The standard InChI is InChI=1S/C24H25N3O3/c1-16-8-10-21(17(2)14-16)26-23(28)12-13-24(29)27-25-15-20-19-7-5-4-6-18(19)9-11-22(20)30-3/h4-11,14-15H,12-13H2,1-3H3,(H,26,28)(H,27,29)/b25-15-. The van der Waals surface area contributed by atoms with Gasteiger partial charge in [-0.3, -0.25) is 9.59 Å². The average molecular weight is 403 g/mol. The van der Waals surface area contributed by atoms with Crippen LogP contribution in [0, 0.1) is 13.8 Å². The smallest absolute Gasteiger partial charge is 0.240 e. The lowest BCUT2D eigenvalue weighted by Gasteiger charge is -2.09. The van der Waals surface area contributed by atoms with Crippen LogP contribution < -0.4 is 15.5 Å². The first-order valence-electron chi connectivity index (χ1n) is 9.72. The first kappa shape index (κ1) is 21.0. The molecule has 30 heavy (non-hydrogen) atoms. The van der Waals surface area contributed by atoms with Crippen LogP contribution in [0.3, 0.4) is 0 Å². The molecule has 6 nitrogen and oxygen atoms in total. The number of ether oxygens (including phenoxy) is 1. The van der Waals surface area contributed by atoms with Gasteiger partial charge in [-0.15, -0.1) is 0 Å². The molecule has 0 unspecified atom stereocenters. The summed E-state index contributed by atoms with van der Waals surface area (Å²) in [6, 6.07) is 17.5. The summed E-state index contributed by atoms with van der Waals surface area (Å²) in [5, 5.41) is 8.91. The molecule has 2 N–H and O–H groups in total. The third kappa shape index (κ3) is 5.23. The Balaban J connectivity index is 1.56. The van der Waals surface area contributed by atoms with Crippen LogP contribution in [0.5, 0.6) is 5.75 Å². The van der Waals surface area contributed by atoms with E-state index >= 15 is 0 Å². The van der Waals surface area contributed by atoms with Crippen molar-refractivity contribution in [2.45, 2.75) is 26.7 Å². The molecule has 2 amide bonds. The van der Waals surface area contributed by atoms with Crippen molar-refractivity contribution in [1.82, 2.24) is 5.43 Å². The van der Waals surface area contributed by atoms with Crippen LogP contribution in [0.1, 0.15) is 29.5 Å². The van der Waals surface area contributed by atoms with Crippen LogP contribution >= 0.6 is 0 Å². The molecule has 154 valence electrons. The summed E-state index contributed by atoms with van der Waals surface area (Å²) in [5.74, 6) is 0.123. The lowest BCUT2D eigenvalue weighted by molar-refractivity contribution is -0.124. The van der Waals surface area contributed by atoms with Crippen LogP contribution in [0.4, 0.5) is 5.69 Å². The number of rotatable bonds is 7. The maximum Gasteiger partial charge on any atom is 0.240 e. The minimum Gasteiger partial charge on any atom is -0.496 e. The molecule has 0 radical (unpaired) electrons. The van der Waals surface area contributed by atoms with E-state index in [0.717, 1.165) is 33.2 Å². The number of nitrogens with zero attached hydrogens (tertiary/aromatic N) is 1. The second-order valence-corrected chi connectivity index (χ2v) is 7.06. The Kier molecular flexibility index (Phi) is 6.80. The highest BCUT2D eigenvalue weighted by Gasteiger charge is 2.09. The maximum atomic E-state index is 12.1. The number of hydrogen-bond donors (Lipinski definition) is 2. The second kappa shape index (κ2) is 9.69. The van der Waals surface area contributed by atoms with Crippen molar-refractivity contribution in [3.63, 3.8) is 0 Å². The Morgan fingerprint density at radius 1 is 1.00 bits per heavy atom. The summed E-state index contributed by atoms with van der Waals surface area (Å²) in [4.78, 5) is 24.2. The molecule has 6 heteroatoms. The Morgan fingerprint density at radius 3 is 2.53 bits per heavy atom. The van der Waals surface area contributed by atoms with Gasteiger partial charge in [0, 0.05) is 24.1 Å². The van der Waals surface area contributed by atoms with E-state index in [9.17, 15) is 9.59 Å². The lowest BCUT2D eigenvalue weighted by atomic mass is 10.0. The van der Waals surface area contributed by atoms with E-state index in [1.165, 1.54) is 0 Å². The van der Waals surface area contributed by atoms with Gasteiger partial charge < -0.3 is 10.1 Å². The molecule has 0 spiro atoms. The lowest BCUT2D eigenvalue weighted by Crippen LogP contribution is -2.21. The van der Waals surface area contributed by atoms with Crippen molar-refractivity contribution in [3.05, 3.63) is 71.3 Å². The van der Waals surface area contributed by atoms with E-state index in [1.54, 1.807) is 13.3 Å². The number of fused-ring (bicyclic) bond motifs is 1. The summed E-state index contributed by atoms with van der Waals surface area (Å²) < 4.78 is 5.41. The third-order valence-electron chi connectivity index (χ3n) is 4.77. The van der Waals surface area contributed by atoms with Gasteiger partial charge in [0.05, 0.1) is 13.3 Å².